The van der Waals surface area contributed by atoms with Gasteiger partial charge in [0.1, 0.15) is 0 Å². The molecule has 1 aromatic rings. The van der Waals surface area contributed by atoms with Crippen LogP contribution in [0.3, 0.4) is 0 Å². The molecule has 1 aromatic carbocycles. The Morgan fingerprint density at radius 3 is 1.33 bits per heavy atom. The number of carboxylic acids is 1. The fourth-order valence-corrected chi connectivity index (χ4v) is 1.62. The maximum Gasteiger partial charge on any atom is 0.335 e. The molecule has 0 aromatic heterocycles. The van der Waals surface area contributed by atoms with Crippen molar-refractivity contribution < 1.29 is 38.5 Å². The van der Waals surface area contributed by atoms with Gasteiger partial charge in [0.05, 0.1) is 23.3 Å². The first-order valence-electron chi connectivity index (χ1n) is 8.50. The molecule has 27 heavy (non-hydrogen) atoms. The Bertz CT molecular complexity index is 703. The maximum atomic E-state index is 12.1. The number of aromatic carboxylic acids is 1. The standard InChI is InChI=1S/C19H24O8/c1-9(2)17(22)25-13-7-12(16(20)21)8-14(26-18(23)10(3)4)15(13)27-19(24)11(5)6/h7-11H,1-6H3,(H,20,21). The van der Waals surface area contributed by atoms with Gasteiger partial charge < -0.3 is 19.3 Å². The molecule has 0 unspecified atom stereocenters. The molecule has 0 radical (unpaired) electrons. The van der Waals surface area contributed by atoms with E-state index in [4.69, 9.17) is 14.2 Å². The van der Waals surface area contributed by atoms with Crippen LogP contribution in [0.2, 0.25) is 0 Å². The summed E-state index contributed by atoms with van der Waals surface area (Å²) in [5, 5.41) is 9.29. The number of ether oxygens (including phenoxy) is 3. The van der Waals surface area contributed by atoms with E-state index in [1.165, 1.54) is 0 Å². The highest BCUT2D eigenvalue weighted by molar-refractivity contribution is 5.91. The molecule has 8 nitrogen and oxygen atoms in total. The van der Waals surface area contributed by atoms with E-state index in [1.54, 1.807) is 41.5 Å². The van der Waals surface area contributed by atoms with E-state index in [9.17, 15) is 24.3 Å². The molecule has 0 fully saturated rings. The molecule has 0 amide bonds. The summed E-state index contributed by atoms with van der Waals surface area (Å²) in [5.41, 5.74) is -0.294. The van der Waals surface area contributed by atoms with E-state index in [-0.39, 0.29) is 22.8 Å². The van der Waals surface area contributed by atoms with Gasteiger partial charge in [-0.3, -0.25) is 14.4 Å². The highest BCUT2D eigenvalue weighted by atomic mass is 16.6. The van der Waals surface area contributed by atoms with Crippen LogP contribution in [0.5, 0.6) is 17.2 Å². The van der Waals surface area contributed by atoms with Crippen LogP contribution in [0.15, 0.2) is 12.1 Å². The molecule has 0 saturated heterocycles. The predicted octanol–water partition coefficient (Wildman–Crippen LogP) is 3.07. The molecule has 0 aliphatic carbocycles. The van der Waals surface area contributed by atoms with Crippen LogP contribution in [0.4, 0.5) is 0 Å². The molecule has 8 heteroatoms. The lowest BCUT2D eigenvalue weighted by Crippen LogP contribution is -2.21. The van der Waals surface area contributed by atoms with Gasteiger partial charge in [0.25, 0.3) is 0 Å². The fourth-order valence-electron chi connectivity index (χ4n) is 1.62. The molecular weight excluding hydrogens is 356 g/mol. The molecule has 0 spiro atoms. The van der Waals surface area contributed by atoms with Crippen LogP contribution < -0.4 is 14.2 Å². The minimum absolute atomic E-state index is 0.294. The number of carboxylic acid groups (broad SMARTS) is 1. The Balaban J connectivity index is 3.55. The Kier molecular flexibility index (Phi) is 7.51. The van der Waals surface area contributed by atoms with Crippen molar-refractivity contribution in [3.8, 4) is 17.2 Å². The molecule has 1 N–H and O–H groups in total. The molecule has 0 atom stereocenters. The van der Waals surface area contributed by atoms with E-state index < -0.39 is 41.6 Å². The number of esters is 3. The second kappa shape index (κ2) is 9.16. The van der Waals surface area contributed by atoms with Crippen LogP contribution in [0, 0.1) is 17.8 Å². The average Bonchev–Trinajstić information content (AvgIpc) is 2.56. The Morgan fingerprint density at radius 2 is 1.04 bits per heavy atom. The van der Waals surface area contributed by atoms with Gasteiger partial charge in [-0.2, -0.15) is 0 Å². The zero-order valence-electron chi connectivity index (χ0n) is 16.2. The third kappa shape index (κ3) is 6.09. The molecule has 0 saturated carbocycles. The largest absolute Gasteiger partial charge is 0.478 e. The zero-order chi connectivity index (χ0) is 20.9. The van der Waals surface area contributed by atoms with E-state index >= 15 is 0 Å². The number of carbonyl (C=O) groups is 4. The van der Waals surface area contributed by atoms with Gasteiger partial charge in [0, 0.05) is 0 Å². The van der Waals surface area contributed by atoms with Crippen molar-refractivity contribution in [1.29, 1.82) is 0 Å². The summed E-state index contributed by atoms with van der Waals surface area (Å²) in [7, 11) is 0. The molecule has 148 valence electrons. The quantitative estimate of drug-likeness (QED) is 0.567. The van der Waals surface area contributed by atoms with Gasteiger partial charge in [-0.05, 0) is 12.1 Å². The number of carbonyl (C=O) groups excluding carboxylic acids is 3. The van der Waals surface area contributed by atoms with Crippen molar-refractivity contribution in [2.75, 3.05) is 0 Å². The first kappa shape index (κ1) is 22.1. The van der Waals surface area contributed by atoms with Crippen LogP contribution in [0.25, 0.3) is 0 Å². The Hall–Kier alpha value is -2.90. The molecule has 1 rings (SSSR count). The van der Waals surface area contributed by atoms with Gasteiger partial charge >= 0.3 is 23.9 Å². The summed E-state index contributed by atoms with van der Waals surface area (Å²) in [6, 6.07) is 2.08. The molecule has 0 aliphatic rings. The van der Waals surface area contributed by atoms with Gasteiger partial charge in [0.15, 0.2) is 11.5 Å². The predicted molar refractivity (Wildman–Crippen MR) is 94.8 cm³/mol. The second-order valence-corrected chi connectivity index (χ2v) is 6.83. The lowest BCUT2D eigenvalue weighted by molar-refractivity contribution is -0.141. The van der Waals surface area contributed by atoms with Crippen LogP contribution in [0.1, 0.15) is 51.9 Å². The first-order chi connectivity index (χ1) is 12.4. The van der Waals surface area contributed by atoms with E-state index in [0.717, 1.165) is 12.1 Å². The van der Waals surface area contributed by atoms with Crippen molar-refractivity contribution in [1.82, 2.24) is 0 Å². The Labute approximate surface area is 157 Å². The normalized spacial score (nSPS) is 10.9. The van der Waals surface area contributed by atoms with Crippen LogP contribution in [-0.4, -0.2) is 29.0 Å². The lowest BCUT2D eigenvalue weighted by atomic mass is 10.1. The van der Waals surface area contributed by atoms with Crippen LogP contribution in [-0.2, 0) is 14.4 Å². The van der Waals surface area contributed by atoms with E-state index in [1.807, 2.05) is 0 Å². The molecule has 0 heterocycles. The Morgan fingerprint density at radius 1 is 0.704 bits per heavy atom. The molecule has 0 aliphatic heterocycles. The van der Waals surface area contributed by atoms with Crippen molar-refractivity contribution in [2.24, 2.45) is 17.8 Å². The third-order valence-electron chi connectivity index (χ3n) is 3.31. The number of hydrogen-bond acceptors (Lipinski definition) is 7. The monoisotopic (exact) mass is 380 g/mol. The van der Waals surface area contributed by atoms with E-state index in [2.05, 4.69) is 0 Å². The zero-order valence-corrected chi connectivity index (χ0v) is 16.2. The molecular formula is C19H24O8. The number of hydrogen-bond donors (Lipinski definition) is 1. The first-order valence-corrected chi connectivity index (χ1v) is 8.50. The average molecular weight is 380 g/mol. The molecule has 0 bridgehead atoms. The summed E-state index contributed by atoms with van der Waals surface area (Å²) in [4.78, 5) is 47.4. The van der Waals surface area contributed by atoms with Gasteiger partial charge in [-0.25, -0.2) is 4.79 Å². The SMILES string of the molecule is CC(C)C(=O)Oc1cc(C(=O)O)cc(OC(=O)C(C)C)c1OC(=O)C(C)C. The smallest absolute Gasteiger partial charge is 0.335 e. The summed E-state index contributed by atoms with van der Waals surface area (Å²) in [5.74, 6) is -5.83. The summed E-state index contributed by atoms with van der Waals surface area (Å²) in [6.45, 7) is 9.53. The van der Waals surface area contributed by atoms with Gasteiger partial charge in [-0.15, -0.1) is 0 Å². The minimum Gasteiger partial charge on any atom is -0.478 e. The summed E-state index contributed by atoms with van der Waals surface area (Å²) >= 11 is 0. The lowest BCUT2D eigenvalue weighted by Gasteiger charge is -2.17. The van der Waals surface area contributed by atoms with E-state index in [0.29, 0.717) is 0 Å². The van der Waals surface area contributed by atoms with Gasteiger partial charge in [-0.1, -0.05) is 41.5 Å². The highest BCUT2D eigenvalue weighted by Crippen LogP contribution is 2.40. The van der Waals surface area contributed by atoms with Crippen molar-refractivity contribution >= 4 is 23.9 Å². The van der Waals surface area contributed by atoms with Crippen molar-refractivity contribution in [3.63, 3.8) is 0 Å². The second-order valence-electron chi connectivity index (χ2n) is 6.83. The third-order valence-corrected chi connectivity index (χ3v) is 3.31. The van der Waals surface area contributed by atoms with Crippen molar-refractivity contribution in [3.05, 3.63) is 17.7 Å². The topological polar surface area (TPSA) is 116 Å². The van der Waals surface area contributed by atoms with Gasteiger partial charge in [0.2, 0.25) is 5.75 Å². The maximum absolute atomic E-state index is 12.1. The van der Waals surface area contributed by atoms with Crippen molar-refractivity contribution in [2.45, 2.75) is 41.5 Å². The fraction of sp³-hybridized carbons (Fsp3) is 0.474. The number of benzene rings is 1. The highest BCUT2D eigenvalue weighted by Gasteiger charge is 2.26. The minimum atomic E-state index is -1.33. The summed E-state index contributed by atoms with van der Waals surface area (Å²) in [6.07, 6.45) is 0. The summed E-state index contributed by atoms with van der Waals surface area (Å²) < 4.78 is 15.6. The van der Waals surface area contributed by atoms with Crippen LogP contribution >= 0.6 is 0 Å². The number of rotatable bonds is 7.